The lowest BCUT2D eigenvalue weighted by Gasteiger charge is -2.35. The van der Waals surface area contributed by atoms with Crippen LogP contribution in [-0.4, -0.2) is 62.2 Å². The monoisotopic (exact) mass is 391 g/mol. The molecule has 4 rings (SSSR count). The van der Waals surface area contributed by atoms with E-state index >= 15 is 0 Å². The minimum absolute atomic E-state index is 0.286. The van der Waals surface area contributed by atoms with Crippen LogP contribution in [0.5, 0.6) is 0 Å². The molecule has 1 aromatic carbocycles. The van der Waals surface area contributed by atoms with Gasteiger partial charge in [0.2, 0.25) is 0 Å². The Bertz CT molecular complexity index is 948. The maximum absolute atomic E-state index is 12.6. The molecule has 0 aliphatic carbocycles. The van der Waals surface area contributed by atoms with E-state index in [0.29, 0.717) is 41.6 Å². The van der Waals surface area contributed by atoms with E-state index < -0.39 is 21.7 Å². The summed E-state index contributed by atoms with van der Waals surface area (Å²) in [6.45, 7) is 2.01. The van der Waals surface area contributed by atoms with Gasteiger partial charge in [-0.15, -0.1) is 11.3 Å². The molecule has 1 fully saturated rings. The van der Waals surface area contributed by atoms with Gasteiger partial charge in [-0.25, -0.2) is 8.42 Å². The predicted molar refractivity (Wildman–Crippen MR) is 97.8 cm³/mol. The summed E-state index contributed by atoms with van der Waals surface area (Å²) in [6.07, 6.45) is 0. The molecule has 1 amide bonds. The molecule has 2 aliphatic rings. The minimum Gasteiger partial charge on any atom is -0.291 e. The fraction of sp³-hybridized carbons (Fsp3) is 0.294. The molecule has 136 valence electrons. The molecule has 0 radical (unpaired) electrons. The number of Topliss-reactive ketones (excluding diaryl/α,β-unsaturated/α-hetero) is 1. The third-order valence-electron chi connectivity index (χ3n) is 4.64. The first-order chi connectivity index (χ1) is 12.5. The largest absolute Gasteiger partial charge is 0.300 e. The zero-order valence-corrected chi connectivity index (χ0v) is 15.5. The lowest BCUT2D eigenvalue weighted by molar-refractivity contribution is -0.114. The number of nitrogens with zero attached hydrogens (tertiary/aromatic N) is 3. The van der Waals surface area contributed by atoms with E-state index in [4.69, 9.17) is 0 Å². The van der Waals surface area contributed by atoms with Gasteiger partial charge in [-0.05, 0) is 23.6 Å². The Kier molecular flexibility index (Phi) is 4.39. The number of hydrogen-bond acceptors (Lipinski definition) is 6. The highest BCUT2D eigenvalue weighted by Crippen LogP contribution is 2.29. The third kappa shape index (κ3) is 2.86. The standard InChI is InChI=1S/C17H17N3O4S2/c21-16-13-4-1-2-5-14(13)20(17(16)22)12-18-7-9-19(10-8-18)26(23,24)15-6-3-11-25-15/h1-6,11H,7-10,12H2. The number of hydrogen-bond donors (Lipinski definition) is 0. The number of para-hydroxylation sites is 1. The fourth-order valence-electron chi connectivity index (χ4n) is 3.24. The zero-order valence-electron chi connectivity index (χ0n) is 13.9. The number of fused-ring (bicyclic) bond motifs is 1. The Hall–Kier alpha value is -2.07. The average molecular weight is 391 g/mol. The van der Waals surface area contributed by atoms with Crippen LogP contribution in [0.25, 0.3) is 0 Å². The summed E-state index contributed by atoms with van der Waals surface area (Å²) in [5, 5.41) is 1.75. The second-order valence-corrected chi connectivity index (χ2v) is 9.29. The number of sulfonamides is 1. The molecular formula is C17H17N3O4S2. The van der Waals surface area contributed by atoms with Gasteiger partial charge in [0.15, 0.2) is 0 Å². The highest BCUT2D eigenvalue weighted by atomic mass is 32.2. The van der Waals surface area contributed by atoms with Crippen LogP contribution in [0.3, 0.4) is 0 Å². The van der Waals surface area contributed by atoms with Gasteiger partial charge in [-0.3, -0.25) is 19.4 Å². The molecule has 1 aromatic heterocycles. The molecule has 3 heterocycles. The molecular weight excluding hydrogens is 374 g/mol. The molecule has 2 aromatic rings. The van der Waals surface area contributed by atoms with Crippen molar-refractivity contribution >= 4 is 38.7 Å². The lowest BCUT2D eigenvalue weighted by atomic mass is 10.1. The topological polar surface area (TPSA) is 78.0 Å². The summed E-state index contributed by atoms with van der Waals surface area (Å²) in [5.41, 5.74) is 1.05. The highest BCUT2D eigenvalue weighted by Gasteiger charge is 2.37. The van der Waals surface area contributed by atoms with Gasteiger partial charge in [0, 0.05) is 26.2 Å². The van der Waals surface area contributed by atoms with Gasteiger partial charge in [0.05, 0.1) is 17.9 Å². The first kappa shape index (κ1) is 17.3. The van der Waals surface area contributed by atoms with Crippen LogP contribution in [0.15, 0.2) is 46.0 Å². The minimum atomic E-state index is -3.45. The van der Waals surface area contributed by atoms with Crippen LogP contribution >= 0.6 is 11.3 Å². The number of thiophene rings is 1. The summed E-state index contributed by atoms with van der Waals surface area (Å²) in [4.78, 5) is 27.8. The van der Waals surface area contributed by atoms with Gasteiger partial charge in [0.25, 0.3) is 15.8 Å². The quantitative estimate of drug-likeness (QED) is 0.733. The summed E-state index contributed by atoms with van der Waals surface area (Å²) in [6, 6.07) is 10.3. The van der Waals surface area contributed by atoms with Crippen molar-refractivity contribution in [2.45, 2.75) is 4.21 Å². The molecule has 0 N–H and O–H groups in total. The molecule has 0 bridgehead atoms. The number of anilines is 1. The van der Waals surface area contributed by atoms with Crippen molar-refractivity contribution in [1.82, 2.24) is 9.21 Å². The molecule has 26 heavy (non-hydrogen) atoms. The van der Waals surface area contributed by atoms with Gasteiger partial charge >= 0.3 is 5.91 Å². The van der Waals surface area contributed by atoms with Crippen LogP contribution in [0.2, 0.25) is 0 Å². The number of piperazine rings is 1. The van der Waals surface area contributed by atoms with Crippen molar-refractivity contribution in [3.05, 3.63) is 47.3 Å². The predicted octanol–water partition coefficient (Wildman–Crippen LogP) is 1.24. The third-order valence-corrected chi connectivity index (χ3v) is 7.91. The van der Waals surface area contributed by atoms with E-state index in [1.165, 1.54) is 20.5 Å². The van der Waals surface area contributed by atoms with Crippen LogP contribution in [0, 0.1) is 0 Å². The van der Waals surface area contributed by atoms with Crippen molar-refractivity contribution in [3.63, 3.8) is 0 Å². The molecule has 0 saturated carbocycles. The van der Waals surface area contributed by atoms with Gasteiger partial charge in [-0.2, -0.15) is 4.31 Å². The summed E-state index contributed by atoms with van der Waals surface area (Å²) >= 11 is 1.21. The van der Waals surface area contributed by atoms with Crippen LogP contribution < -0.4 is 4.90 Å². The van der Waals surface area contributed by atoms with E-state index in [0.717, 1.165) is 0 Å². The maximum atomic E-state index is 12.6. The lowest BCUT2D eigenvalue weighted by Crippen LogP contribution is -2.52. The molecule has 1 saturated heterocycles. The molecule has 7 nitrogen and oxygen atoms in total. The second kappa shape index (κ2) is 6.58. The zero-order chi connectivity index (χ0) is 18.3. The Morgan fingerprint density at radius 1 is 0.962 bits per heavy atom. The first-order valence-electron chi connectivity index (χ1n) is 8.20. The smallest absolute Gasteiger partial charge is 0.291 e. The van der Waals surface area contributed by atoms with Crippen molar-refractivity contribution in [2.24, 2.45) is 0 Å². The molecule has 2 aliphatic heterocycles. The van der Waals surface area contributed by atoms with Gasteiger partial charge in [-0.1, -0.05) is 18.2 Å². The average Bonchev–Trinajstić information content (AvgIpc) is 3.27. The Labute approximate surface area is 155 Å². The number of carbonyl (C=O) groups is 2. The molecule has 0 unspecified atom stereocenters. The SMILES string of the molecule is O=C1C(=O)N(CN2CCN(S(=O)(=O)c3cccs3)CC2)c2ccccc21. The van der Waals surface area contributed by atoms with E-state index in [9.17, 15) is 18.0 Å². The number of ketones is 1. The van der Waals surface area contributed by atoms with Crippen molar-refractivity contribution in [2.75, 3.05) is 37.7 Å². The maximum Gasteiger partial charge on any atom is 0.300 e. The Morgan fingerprint density at radius 2 is 1.69 bits per heavy atom. The molecule has 0 spiro atoms. The highest BCUT2D eigenvalue weighted by molar-refractivity contribution is 7.91. The Balaban J connectivity index is 1.44. The van der Waals surface area contributed by atoms with Crippen molar-refractivity contribution < 1.29 is 18.0 Å². The first-order valence-corrected chi connectivity index (χ1v) is 10.5. The molecule has 0 atom stereocenters. The number of amides is 1. The van der Waals surface area contributed by atoms with Crippen LogP contribution in [0.1, 0.15) is 10.4 Å². The number of carbonyl (C=O) groups excluding carboxylic acids is 2. The van der Waals surface area contributed by atoms with Crippen LogP contribution in [0.4, 0.5) is 5.69 Å². The van der Waals surface area contributed by atoms with E-state index in [2.05, 4.69) is 0 Å². The van der Waals surface area contributed by atoms with E-state index in [1.54, 1.807) is 41.8 Å². The number of benzene rings is 1. The fourth-order valence-corrected chi connectivity index (χ4v) is 5.80. The number of rotatable bonds is 4. The normalized spacial score (nSPS) is 19.2. The summed E-state index contributed by atoms with van der Waals surface area (Å²) < 4.78 is 27.0. The molecule has 9 heteroatoms. The second-order valence-electron chi connectivity index (χ2n) is 6.18. The Morgan fingerprint density at radius 3 is 2.38 bits per heavy atom. The van der Waals surface area contributed by atoms with Crippen molar-refractivity contribution in [1.29, 1.82) is 0 Å². The van der Waals surface area contributed by atoms with Gasteiger partial charge in [0.1, 0.15) is 4.21 Å². The van der Waals surface area contributed by atoms with E-state index in [1.807, 2.05) is 4.90 Å². The van der Waals surface area contributed by atoms with Gasteiger partial charge < -0.3 is 0 Å². The summed E-state index contributed by atoms with van der Waals surface area (Å²) in [5.74, 6) is -1.01. The van der Waals surface area contributed by atoms with E-state index in [-0.39, 0.29) is 6.67 Å². The van der Waals surface area contributed by atoms with Crippen molar-refractivity contribution in [3.8, 4) is 0 Å². The summed E-state index contributed by atoms with van der Waals surface area (Å²) in [7, 11) is -3.45. The van der Waals surface area contributed by atoms with Crippen LogP contribution in [-0.2, 0) is 14.8 Å².